The number of ketones is 1. The number of nitrogens with zero attached hydrogens (tertiary/aromatic N) is 1. The van der Waals surface area contributed by atoms with Crippen LogP contribution < -0.4 is 0 Å². The summed E-state index contributed by atoms with van der Waals surface area (Å²) in [5.41, 5.74) is 0. The molecule has 0 amide bonds. The summed E-state index contributed by atoms with van der Waals surface area (Å²) in [6.45, 7) is 10.2. The van der Waals surface area contributed by atoms with Crippen molar-refractivity contribution >= 4 is 11.8 Å². The van der Waals surface area contributed by atoms with Crippen molar-refractivity contribution in [3.8, 4) is 0 Å². The third-order valence-electron chi connectivity index (χ3n) is 2.83. The fourth-order valence-corrected chi connectivity index (χ4v) is 1.75. The molecule has 0 aliphatic carbocycles. The molecule has 0 saturated heterocycles. The first-order valence-corrected chi connectivity index (χ1v) is 7.69. The van der Waals surface area contributed by atoms with Gasteiger partial charge in [0.15, 0.2) is 0 Å². The molecular formula is C15H29NO5. The van der Waals surface area contributed by atoms with Crippen LogP contribution in [0.25, 0.3) is 0 Å². The Hall–Kier alpha value is -0.980. The zero-order valence-corrected chi connectivity index (χ0v) is 13.6. The molecule has 0 unspecified atom stereocenters. The largest absolute Gasteiger partial charge is 0.466 e. The van der Waals surface area contributed by atoms with E-state index in [1.807, 2.05) is 18.7 Å². The molecule has 0 heterocycles. The average molecular weight is 303 g/mol. The summed E-state index contributed by atoms with van der Waals surface area (Å²) in [5.74, 6) is -0.280. The van der Waals surface area contributed by atoms with Crippen LogP contribution in [-0.4, -0.2) is 69.3 Å². The first kappa shape index (κ1) is 20.0. The second-order valence-electron chi connectivity index (χ2n) is 4.51. The minimum Gasteiger partial charge on any atom is -0.466 e. The molecule has 0 fully saturated rings. The normalized spacial score (nSPS) is 10.9. The Kier molecular flexibility index (Phi) is 13.3. The highest BCUT2D eigenvalue weighted by molar-refractivity contribution is 5.84. The zero-order valence-electron chi connectivity index (χ0n) is 13.6. The van der Waals surface area contributed by atoms with E-state index < -0.39 is 0 Å². The number of esters is 1. The maximum atomic E-state index is 11.9. The highest BCUT2D eigenvalue weighted by Crippen LogP contribution is 1.98. The molecule has 0 bridgehead atoms. The molecule has 6 nitrogen and oxygen atoms in total. The molecule has 0 radical (unpaired) electrons. The van der Waals surface area contributed by atoms with Gasteiger partial charge in [0.1, 0.15) is 5.78 Å². The lowest BCUT2D eigenvalue weighted by Gasteiger charge is -2.21. The molecule has 0 N–H and O–H groups in total. The number of Topliss-reactive ketones (excluding diaryl/α,β-unsaturated/α-hetero) is 1. The van der Waals surface area contributed by atoms with Crippen molar-refractivity contribution in [2.75, 3.05) is 52.7 Å². The highest BCUT2D eigenvalue weighted by atomic mass is 16.5. The van der Waals surface area contributed by atoms with Crippen LogP contribution in [0.5, 0.6) is 0 Å². The fourth-order valence-electron chi connectivity index (χ4n) is 1.75. The summed E-state index contributed by atoms with van der Waals surface area (Å²) in [6, 6.07) is 0. The first-order valence-electron chi connectivity index (χ1n) is 7.69. The van der Waals surface area contributed by atoms with E-state index >= 15 is 0 Å². The van der Waals surface area contributed by atoms with Gasteiger partial charge in [-0.15, -0.1) is 0 Å². The van der Waals surface area contributed by atoms with Gasteiger partial charge in [-0.25, -0.2) is 0 Å². The predicted octanol–water partition coefficient (Wildman–Crippen LogP) is 1.27. The summed E-state index contributed by atoms with van der Waals surface area (Å²) in [7, 11) is 0. The van der Waals surface area contributed by atoms with Gasteiger partial charge < -0.3 is 14.2 Å². The maximum absolute atomic E-state index is 11.9. The Morgan fingerprint density at radius 2 is 1.43 bits per heavy atom. The smallest absolute Gasteiger partial charge is 0.306 e. The molecule has 0 spiro atoms. The monoisotopic (exact) mass is 303 g/mol. The van der Waals surface area contributed by atoms with Gasteiger partial charge in [-0.05, 0) is 20.8 Å². The summed E-state index contributed by atoms with van der Waals surface area (Å²) in [5, 5.41) is 0. The third kappa shape index (κ3) is 12.5. The zero-order chi connectivity index (χ0) is 15.9. The van der Waals surface area contributed by atoms with Crippen LogP contribution in [0.2, 0.25) is 0 Å². The SMILES string of the molecule is CCOCCN(CCOCC)CC(=O)CCC(=O)OCC. The Morgan fingerprint density at radius 1 is 0.857 bits per heavy atom. The molecule has 0 aromatic rings. The van der Waals surface area contributed by atoms with E-state index in [4.69, 9.17) is 14.2 Å². The van der Waals surface area contributed by atoms with Crippen LogP contribution in [0, 0.1) is 0 Å². The van der Waals surface area contributed by atoms with E-state index in [9.17, 15) is 9.59 Å². The summed E-state index contributed by atoms with van der Waals surface area (Å²) < 4.78 is 15.4. The van der Waals surface area contributed by atoms with Crippen molar-refractivity contribution in [2.24, 2.45) is 0 Å². The Labute approximate surface area is 127 Å². The number of ether oxygens (including phenoxy) is 3. The van der Waals surface area contributed by atoms with Crippen LogP contribution in [0.1, 0.15) is 33.6 Å². The van der Waals surface area contributed by atoms with E-state index in [0.717, 1.165) is 0 Å². The summed E-state index contributed by atoms with van der Waals surface area (Å²) in [4.78, 5) is 25.1. The van der Waals surface area contributed by atoms with Crippen LogP contribution in [0.15, 0.2) is 0 Å². The van der Waals surface area contributed by atoms with E-state index in [0.29, 0.717) is 52.7 Å². The predicted molar refractivity (Wildman–Crippen MR) is 80.3 cm³/mol. The van der Waals surface area contributed by atoms with Crippen LogP contribution in [0.3, 0.4) is 0 Å². The fraction of sp³-hybridized carbons (Fsp3) is 0.867. The number of rotatable bonds is 14. The van der Waals surface area contributed by atoms with Crippen molar-refractivity contribution in [3.63, 3.8) is 0 Å². The van der Waals surface area contributed by atoms with Crippen molar-refractivity contribution < 1.29 is 23.8 Å². The third-order valence-corrected chi connectivity index (χ3v) is 2.83. The lowest BCUT2D eigenvalue weighted by Crippen LogP contribution is -2.35. The second-order valence-corrected chi connectivity index (χ2v) is 4.51. The van der Waals surface area contributed by atoms with Gasteiger partial charge in [0.05, 0.1) is 32.8 Å². The molecule has 0 aliphatic rings. The minimum absolute atomic E-state index is 0.0380. The van der Waals surface area contributed by atoms with E-state index in [2.05, 4.69) is 0 Å². The van der Waals surface area contributed by atoms with E-state index in [-0.39, 0.29) is 24.6 Å². The molecule has 6 heteroatoms. The maximum Gasteiger partial charge on any atom is 0.306 e. The Bertz CT molecular complexity index is 273. The van der Waals surface area contributed by atoms with Crippen LogP contribution in [0.4, 0.5) is 0 Å². The highest BCUT2D eigenvalue weighted by Gasteiger charge is 2.13. The van der Waals surface area contributed by atoms with Crippen molar-refractivity contribution in [1.29, 1.82) is 0 Å². The molecular weight excluding hydrogens is 274 g/mol. The number of hydrogen-bond acceptors (Lipinski definition) is 6. The molecule has 124 valence electrons. The molecule has 0 aliphatic heterocycles. The van der Waals surface area contributed by atoms with Gasteiger partial charge in [0, 0.05) is 32.7 Å². The molecule has 21 heavy (non-hydrogen) atoms. The lowest BCUT2D eigenvalue weighted by atomic mass is 10.2. The Balaban J connectivity index is 4.04. The van der Waals surface area contributed by atoms with Crippen LogP contribution >= 0.6 is 0 Å². The summed E-state index contributed by atoms with van der Waals surface area (Å²) >= 11 is 0. The van der Waals surface area contributed by atoms with E-state index in [1.54, 1.807) is 6.92 Å². The molecule has 0 saturated carbocycles. The number of carbonyl (C=O) groups is 2. The van der Waals surface area contributed by atoms with Gasteiger partial charge in [-0.1, -0.05) is 0 Å². The van der Waals surface area contributed by atoms with Gasteiger partial charge in [0.25, 0.3) is 0 Å². The lowest BCUT2D eigenvalue weighted by molar-refractivity contribution is -0.144. The van der Waals surface area contributed by atoms with Gasteiger partial charge in [0.2, 0.25) is 0 Å². The first-order chi connectivity index (χ1) is 10.1. The molecule has 0 rings (SSSR count). The standard InChI is InChI=1S/C15H29NO5/c1-4-19-11-9-16(10-12-20-5-2)13-14(17)7-8-15(18)21-6-3/h4-13H2,1-3H3. The quantitative estimate of drug-likeness (QED) is 0.356. The van der Waals surface area contributed by atoms with Crippen molar-refractivity contribution in [2.45, 2.75) is 33.6 Å². The second kappa shape index (κ2) is 14.0. The topological polar surface area (TPSA) is 65.1 Å². The average Bonchev–Trinajstić information content (AvgIpc) is 2.46. The molecule has 0 atom stereocenters. The molecule has 0 aromatic heterocycles. The van der Waals surface area contributed by atoms with Gasteiger partial charge >= 0.3 is 5.97 Å². The number of hydrogen-bond donors (Lipinski definition) is 0. The van der Waals surface area contributed by atoms with Crippen LogP contribution in [-0.2, 0) is 23.8 Å². The Morgan fingerprint density at radius 3 is 1.90 bits per heavy atom. The van der Waals surface area contributed by atoms with Crippen molar-refractivity contribution in [3.05, 3.63) is 0 Å². The minimum atomic E-state index is -0.318. The van der Waals surface area contributed by atoms with Gasteiger partial charge in [-0.3, -0.25) is 14.5 Å². The van der Waals surface area contributed by atoms with Crippen molar-refractivity contribution in [1.82, 2.24) is 4.90 Å². The summed E-state index contributed by atoms with van der Waals surface area (Å²) in [6.07, 6.45) is 0.371. The van der Waals surface area contributed by atoms with Gasteiger partial charge in [-0.2, -0.15) is 0 Å². The van der Waals surface area contributed by atoms with E-state index in [1.165, 1.54) is 0 Å². The molecule has 0 aromatic carbocycles. The number of carbonyl (C=O) groups excluding carboxylic acids is 2.